The summed E-state index contributed by atoms with van der Waals surface area (Å²) in [6, 6.07) is 6.27. The first-order chi connectivity index (χ1) is 13.8. The molecule has 1 amide bonds. The first-order valence-electron chi connectivity index (χ1n) is 10.1. The quantitative estimate of drug-likeness (QED) is 0.800. The Balaban J connectivity index is 1.48. The second-order valence-electron chi connectivity index (χ2n) is 8.27. The zero-order valence-electron chi connectivity index (χ0n) is 16.8. The molecule has 1 N–H and O–H groups in total. The fourth-order valence-corrected chi connectivity index (χ4v) is 6.08. The summed E-state index contributed by atoms with van der Waals surface area (Å²) in [4.78, 5) is 12.8. The van der Waals surface area contributed by atoms with Crippen molar-refractivity contribution in [3.05, 3.63) is 41.5 Å². The van der Waals surface area contributed by atoms with Gasteiger partial charge in [-0.1, -0.05) is 19.9 Å². The highest BCUT2D eigenvalue weighted by Gasteiger charge is 2.32. The van der Waals surface area contributed by atoms with Crippen molar-refractivity contribution in [1.82, 2.24) is 24.4 Å². The number of carbonyl (C=O) groups excluding carboxylic acids is 1. The standard InChI is InChI=1S/C20H27N5O3S/c1-14-9-15(2)13-24(12-14)29(27,28)17-6-3-5-16(10-17)20(26)21-11-19-23-22-18-7-4-8-25(18)19/h3,5-6,10,14-15H,4,7-9,11-13H2,1-2H3,(H,21,26)/t14-,15+. The summed E-state index contributed by atoms with van der Waals surface area (Å²) in [6.45, 7) is 6.31. The van der Waals surface area contributed by atoms with E-state index >= 15 is 0 Å². The van der Waals surface area contributed by atoms with Crippen molar-refractivity contribution in [2.45, 2.75) is 51.1 Å². The number of fused-ring (bicyclic) bond motifs is 1. The molecule has 0 unspecified atom stereocenters. The first kappa shape index (κ1) is 20.0. The number of sulfonamides is 1. The number of piperidine rings is 1. The lowest BCUT2D eigenvalue weighted by Crippen LogP contribution is -2.42. The van der Waals surface area contributed by atoms with Crippen LogP contribution in [0.5, 0.6) is 0 Å². The molecule has 2 atom stereocenters. The van der Waals surface area contributed by atoms with Crippen molar-refractivity contribution in [2.24, 2.45) is 11.8 Å². The van der Waals surface area contributed by atoms with Crippen LogP contribution < -0.4 is 5.32 Å². The topological polar surface area (TPSA) is 97.2 Å². The van der Waals surface area contributed by atoms with Gasteiger partial charge in [0.15, 0.2) is 5.82 Å². The smallest absolute Gasteiger partial charge is 0.251 e. The SMILES string of the molecule is C[C@@H]1C[C@H](C)CN(S(=O)(=O)c2cccc(C(=O)NCc3nnc4n3CCC4)c2)C1. The van der Waals surface area contributed by atoms with Gasteiger partial charge in [-0.2, -0.15) is 4.31 Å². The van der Waals surface area contributed by atoms with Gasteiger partial charge in [0, 0.05) is 31.6 Å². The second-order valence-corrected chi connectivity index (χ2v) is 10.2. The second kappa shape index (κ2) is 7.87. The Morgan fingerprint density at radius 3 is 2.72 bits per heavy atom. The van der Waals surface area contributed by atoms with Gasteiger partial charge in [0.2, 0.25) is 10.0 Å². The van der Waals surface area contributed by atoms with Gasteiger partial charge in [-0.25, -0.2) is 8.42 Å². The molecular weight excluding hydrogens is 390 g/mol. The van der Waals surface area contributed by atoms with Crippen molar-refractivity contribution in [3.8, 4) is 0 Å². The van der Waals surface area contributed by atoms with Gasteiger partial charge < -0.3 is 9.88 Å². The molecule has 1 saturated heterocycles. The summed E-state index contributed by atoms with van der Waals surface area (Å²) < 4.78 is 29.8. The van der Waals surface area contributed by atoms with Gasteiger partial charge in [0.05, 0.1) is 11.4 Å². The molecule has 8 nitrogen and oxygen atoms in total. The van der Waals surface area contributed by atoms with Crippen LogP contribution in [-0.4, -0.2) is 46.5 Å². The molecule has 1 aromatic heterocycles. The third kappa shape index (κ3) is 4.06. The van der Waals surface area contributed by atoms with E-state index in [0.717, 1.165) is 37.5 Å². The molecule has 2 aromatic rings. The molecule has 3 heterocycles. The third-order valence-corrected chi connectivity index (χ3v) is 7.49. The summed E-state index contributed by atoms with van der Waals surface area (Å²) in [5.74, 6) is 2.01. The fraction of sp³-hybridized carbons (Fsp3) is 0.550. The van der Waals surface area contributed by atoms with Gasteiger partial charge in [-0.3, -0.25) is 4.79 Å². The van der Waals surface area contributed by atoms with Crippen LogP contribution in [0.3, 0.4) is 0 Å². The zero-order chi connectivity index (χ0) is 20.6. The number of hydrogen-bond acceptors (Lipinski definition) is 5. The number of nitrogens with one attached hydrogen (secondary N) is 1. The maximum Gasteiger partial charge on any atom is 0.251 e. The highest BCUT2D eigenvalue weighted by atomic mass is 32.2. The van der Waals surface area contributed by atoms with Crippen molar-refractivity contribution in [3.63, 3.8) is 0 Å². The summed E-state index contributed by atoms with van der Waals surface area (Å²) in [5.41, 5.74) is 0.324. The van der Waals surface area contributed by atoms with Gasteiger partial charge in [-0.05, 0) is 42.9 Å². The monoisotopic (exact) mass is 417 g/mol. The van der Waals surface area contributed by atoms with Crippen molar-refractivity contribution in [1.29, 1.82) is 0 Å². The lowest BCUT2D eigenvalue weighted by Gasteiger charge is -2.34. The lowest BCUT2D eigenvalue weighted by atomic mass is 9.94. The molecule has 0 spiro atoms. The molecule has 29 heavy (non-hydrogen) atoms. The van der Waals surface area contributed by atoms with Crippen LogP contribution >= 0.6 is 0 Å². The lowest BCUT2D eigenvalue weighted by molar-refractivity contribution is 0.0949. The average molecular weight is 418 g/mol. The van der Waals surface area contributed by atoms with Gasteiger partial charge in [0.25, 0.3) is 5.91 Å². The number of benzene rings is 1. The van der Waals surface area contributed by atoms with Crippen molar-refractivity contribution in [2.75, 3.05) is 13.1 Å². The fourth-order valence-electron chi connectivity index (χ4n) is 4.35. The first-order valence-corrected chi connectivity index (χ1v) is 11.6. The van der Waals surface area contributed by atoms with E-state index in [9.17, 15) is 13.2 Å². The molecule has 2 aliphatic rings. The van der Waals surface area contributed by atoms with E-state index in [1.54, 1.807) is 22.5 Å². The number of carbonyl (C=O) groups is 1. The number of rotatable bonds is 5. The van der Waals surface area contributed by atoms with E-state index in [1.807, 2.05) is 4.57 Å². The van der Waals surface area contributed by atoms with E-state index < -0.39 is 10.0 Å². The maximum absolute atomic E-state index is 13.1. The molecule has 0 saturated carbocycles. The minimum atomic E-state index is -3.62. The molecule has 2 aliphatic heterocycles. The predicted octanol–water partition coefficient (Wildman–Crippen LogP) is 1.82. The Morgan fingerprint density at radius 1 is 1.21 bits per heavy atom. The Hall–Kier alpha value is -2.26. The minimum Gasteiger partial charge on any atom is -0.345 e. The molecule has 9 heteroatoms. The number of amides is 1. The normalized spacial score (nSPS) is 22.4. The van der Waals surface area contributed by atoms with Crippen LogP contribution in [0.4, 0.5) is 0 Å². The Labute approximate surface area is 171 Å². The summed E-state index contributed by atoms with van der Waals surface area (Å²) in [5, 5.41) is 11.1. The number of hydrogen-bond donors (Lipinski definition) is 1. The molecule has 1 aromatic carbocycles. The Kier molecular flexibility index (Phi) is 5.44. The van der Waals surface area contributed by atoms with Crippen LogP contribution in [0.2, 0.25) is 0 Å². The van der Waals surface area contributed by atoms with Crippen LogP contribution in [0.15, 0.2) is 29.2 Å². The zero-order valence-corrected chi connectivity index (χ0v) is 17.7. The van der Waals surface area contributed by atoms with Crippen LogP contribution in [0.25, 0.3) is 0 Å². The Bertz CT molecular complexity index is 1010. The van der Waals surface area contributed by atoms with Crippen LogP contribution in [-0.2, 0) is 29.5 Å². The van der Waals surface area contributed by atoms with Gasteiger partial charge >= 0.3 is 0 Å². The van der Waals surface area contributed by atoms with E-state index in [4.69, 9.17) is 0 Å². The van der Waals surface area contributed by atoms with E-state index in [0.29, 0.717) is 30.5 Å². The molecule has 156 valence electrons. The van der Waals surface area contributed by atoms with Crippen molar-refractivity contribution < 1.29 is 13.2 Å². The molecule has 0 bridgehead atoms. The molecule has 4 rings (SSSR count). The third-order valence-electron chi connectivity index (χ3n) is 5.66. The minimum absolute atomic E-state index is 0.162. The maximum atomic E-state index is 13.1. The highest BCUT2D eigenvalue weighted by Crippen LogP contribution is 2.27. The van der Waals surface area contributed by atoms with Gasteiger partial charge in [-0.15, -0.1) is 10.2 Å². The number of aromatic nitrogens is 3. The molecule has 0 aliphatic carbocycles. The summed E-state index contributed by atoms with van der Waals surface area (Å²) in [6.07, 6.45) is 2.98. The molecule has 1 fully saturated rings. The van der Waals surface area contributed by atoms with Crippen molar-refractivity contribution >= 4 is 15.9 Å². The average Bonchev–Trinajstić information content (AvgIpc) is 3.29. The van der Waals surface area contributed by atoms with E-state index in [2.05, 4.69) is 29.4 Å². The Morgan fingerprint density at radius 2 is 1.97 bits per heavy atom. The summed E-state index contributed by atoms with van der Waals surface area (Å²) >= 11 is 0. The van der Waals surface area contributed by atoms with E-state index in [-0.39, 0.29) is 17.3 Å². The van der Waals surface area contributed by atoms with E-state index in [1.165, 1.54) is 6.07 Å². The van der Waals surface area contributed by atoms with Gasteiger partial charge in [0.1, 0.15) is 5.82 Å². The molecule has 0 radical (unpaired) electrons. The predicted molar refractivity (Wildman–Crippen MR) is 108 cm³/mol. The number of aryl methyl sites for hydroxylation is 1. The molecular formula is C20H27N5O3S. The van der Waals surface area contributed by atoms with Crippen LogP contribution in [0, 0.1) is 11.8 Å². The van der Waals surface area contributed by atoms with Crippen LogP contribution in [0.1, 0.15) is 48.7 Å². The largest absolute Gasteiger partial charge is 0.345 e. The number of nitrogens with zero attached hydrogens (tertiary/aromatic N) is 4. The highest BCUT2D eigenvalue weighted by molar-refractivity contribution is 7.89. The summed E-state index contributed by atoms with van der Waals surface area (Å²) in [7, 11) is -3.62.